The van der Waals surface area contributed by atoms with Crippen molar-refractivity contribution in [2.45, 2.75) is 32.0 Å². The van der Waals surface area contributed by atoms with Crippen molar-refractivity contribution in [1.29, 1.82) is 0 Å². The molecule has 1 aromatic heterocycles. The molecule has 0 saturated carbocycles. The molecule has 1 aliphatic carbocycles. The maximum atomic E-state index is 15.0. The van der Waals surface area contributed by atoms with Crippen molar-refractivity contribution in [2.24, 2.45) is 11.8 Å². The van der Waals surface area contributed by atoms with E-state index in [0.717, 1.165) is 31.6 Å². The average molecular weight is 528 g/mol. The maximum absolute atomic E-state index is 15.0. The lowest BCUT2D eigenvalue weighted by molar-refractivity contribution is -0.0621. The highest BCUT2D eigenvalue weighted by Gasteiger charge is 2.28. The predicted octanol–water partition coefficient (Wildman–Crippen LogP) is 7.60. The largest absolute Gasteiger partial charge is 0.484 e. The summed E-state index contributed by atoms with van der Waals surface area (Å²) < 4.78 is 60.5. The molecule has 37 heavy (non-hydrogen) atoms. The second-order valence-electron chi connectivity index (χ2n) is 9.14. The van der Waals surface area contributed by atoms with Crippen molar-refractivity contribution in [1.82, 2.24) is 4.98 Å². The molecule has 3 unspecified atom stereocenters. The molecule has 0 bridgehead atoms. The van der Waals surface area contributed by atoms with Crippen molar-refractivity contribution < 1.29 is 27.4 Å². The Morgan fingerprint density at radius 1 is 0.919 bits per heavy atom. The summed E-state index contributed by atoms with van der Waals surface area (Å²) in [6.45, 7) is 0.734. The van der Waals surface area contributed by atoms with E-state index in [2.05, 4.69) is 11.1 Å². The van der Waals surface area contributed by atoms with Crippen LogP contribution in [0.2, 0.25) is 5.02 Å². The fourth-order valence-corrected chi connectivity index (χ4v) is 4.63. The first-order valence-corrected chi connectivity index (χ1v) is 12.5. The SMILES string of the molecule is Fc1cc(Oc2ccnc(COc3ccc(Cl)cc3F)c2)c(F)cc1CC1C=CC=CC1CC1CCO1. The van der Waals surface area contributed by atoms with Crippen LogP contribution in [0.1, 0.15) is 24.1 Å². The van der Waals surface area contributed by atoms with Gasteiger partial charge in [-0.15, -0.1) is 0 Å². The molecule has 0 spiro atoms. The molecular weight excluding hydrogens is 503 g/mol. The van der Waals surface area contributed by atoms with Gasteiger partial charge in [0.1, 0.15) is 18.2 Å². The van der Waals surface area contributed by atoms with Gasteiger partial charge >= 0.3 is 0 Å². The summed E-state index contributed by atoms with van der Waals surface area (Å²) >= 11 is 5.75. The summed E-state index contributed by atoms with van der Waals surface area (Å²) in [7, 11) is 0. The van der Waals surface area contributed by atoms with Crippen LogP contribution >= 0.6 is 11.6 Å². The van der Waals surface area contributed by atoms with Crippen molar-refractivity contribution in [3.63, 3.8) is 0 Å². The van der Waals surface area contributed by atoms with E-state index in [1.807, 2.05) is 18.2 Å². The van der Waals surface area contributed by atoms with Crippen molar-refractivity contribution in [3.05, 3.63) is 107 Å². The lowest BCUT2D eigenvalue weighted by Crippen LogP contribution is -2.31. The lowest BCUT2D eigenvalue weighted by Gasteiger charge is -2.33. The molecule has 2 aliphatic rings. The van der Waals surface area contributed by atoms with Gasteiger partial charge in [0.15, 0.2) is 23.1 Å². The van der Waals surface area contributed by atoms with E-state index in [-0.39, 0.29) is 46.8 Å². The Hall–Kier alpha value is -3.29. The summed E-state index contributed by atoms with van der Waals surface area (Å²) in [5, 5.41) is 0.258. The molecule has 192 valence electrons. The zero-order valence-electron chi connectivity index (χ0n) is 19.9. The second kappa shape index (κ2) is 11.4. The van der Waals surface area contributed by atoms with Crippen LogP contribution in [-0.2, 0) is 17.8 Å². The number of pyridine rings is 1. The number of nitrogens with zero attached hydrogens (tertiary/aromatic N) is 1. The first-order valence-electron chi connectivity index (χ1n) is 12.1. The first kappa shape index (κ1) is 25.4. The molecule has 2 heterocycles. The third-order valence-electron chi connectivity index (χ3n) is 6.55. The third kappa shape index (κ3) is 6.35. The van der Waals surface area contributed by atoms with Gasteiger partial charge in [0.05, 0.1) is 11.8 Å². The van der Waals surface area contributed by atoms with Crippen LogP contribution in [0.3, 0.4) is 0 Å². The molecule has 5 rings (SSSR count). The van der Waals surface area contributed by atoms with Crippen LogP contribution in [0, 0.1) is 29.3 Å². The van der Waals surface area contributed by atoms with Gasteiger partial charge in [-0.25, -0.2) is 13.2 Å². The Morgan fingerprint density at radius 3 is 2.46 bits per heavy atom. The molecule has 8 heteroatoms. The highest BCUT2D eigenvalue weighted by molar-refractivity contribution is 6.30. The van der Waals surface area contributed by atoms with Crippen LogP contribution in [0.4, 0.5) is 13.2 Å². The quantitative estimate of drug-likeness (QED) is 0.287. The van der Waals surface area contributed by atoms with Crippen LogP contribution in [-0.4, -0.2) is 17.7 Å². The van der Waals surface area contributed by atoms with Gasteiger partial charge in [-0.3, -0.25) is 4.98 Å². The standard InChI is InChI=1S/C29H25ClF3NO3/c30-21-5-6-28(27(33)14-21)36-17-22-15-24(7-9-34-22)37-29-16-25(31)20(13-26(29)32)11-18-3-1-2-4-19(18)12-23-8-10-35-23/h1-7,9,13-16,18-19,23H,8,10-12,17H2. The molecule has 3 aromatic rings. The van der Waals surface area contributed by atoms with E-state index in [9.17, 15) is 8.78 Å². The molecule has 1 aliphatic heterocycles. The van der Waals surface area contributed by atoms with E-state index in [4.69, 9.17) is 25.8 Å². The van der Waals surface area contributed by atoms with Gasteiger partial charge < -0.3 is 14.2 Å². The van der Waals surface area contributed by atoms with Crippen molar-refractivity contribution in [3.8, 4) is 17.2 Å². The third-order valence-corrected chi connectivity index (χ3v) is 6.78. The van der Waals surface area contributed by atoms with Gasteiger partial charge in [-0.1, -0.05) is 35.9 Å². The summed E-state index contributed by atoms with van der Waals surface area (Å²) in [6, 6.07) is 9.38. The highest BCUT2D eigenvalue weighted by Crippen LogP contribution is 2.34. The predicted molar refractivity (Wildman–Crippen MR) is 134 cm³/mol. The topological polar surface area (TPSA) is 40.6 Å². The minimum atomic E-state index is -0.663. The number of rotatable bonds is 9. The van der Waals surface area contributed by atoms with Gasteiger partial charge in [0.2, 0.25) is 0 Å². The van der Waals surface area contributed by atoms with Crippen LogP contribution < -0.4 is 9.47 Å². The number of allylic oxidation sites excluding steroid dienone is 4. The number of aromatic nitrogens is 1. The highest BCUT2D eigenvalue weighted by atomic mass is 35.5. The fourth-order valence-electron chi connectivity index (χ4n) is 4.47. The Kier molecular flexibility index (Phi) is 7.82. The van der Waals surface area contributed by atoms with Crippen molar-refractivity contribution >= 4 is 11.6 Å². The molecule has 1 fully saturated rings. The monoisotopic (exact) mass is 527 g/mol. The van der Waals surface area contributed by atoms with E-state index in [1.165, 1.54) is 36.5 Å². The normalized spacial score (nSPS) is 20.5. The van der Waals surface area contributed by atoms with Gasteiger partial charge in [-0.05, 0) is 67.0 Å². The molecule has 2 aromatic carbocycles. The Morgan fingerprint density at radius 2 is 1.70 bits per heavy atom. The minimum Gasteiger partial charge on any atom is -0.484 e. The fraction of sp³-hybridized carbons (Fsp3) is 0.276. The number of halogens is 4. The van der Waals surface area contributed by atoms with Gasteiger partial charge in [0, 0.05) is 30.0 Å². The molecular formula is C29H25ClF3NO3. The smallest absolute Gasteiger partial charge is 0.166 e. The summed E-state index contributed by atoms with van der Waals surface area (Å²) in [5.74, 6) is -1.49. The molecule has 0 N–H and O–H groups in total. The zero-order valence-corrected chi connectivity index (χ0v) is 20.6. The Balaban J connectivity index is 1.24. The van der Waals surface area contributed by atoms with Crippen LogP contribution in [0.5, 0.6) is 17.2 Å². The molecule has 0 amide bonds. The first-order chi connectivity index (χ1) is 17.9. The number of hydrogen-bond acceptors (Lipinski definition) is 4. The average Bonchev–Trinajstić information content (AvgIpc) is 2.85. The van der Waals surface area contributed by atoms with Crippen LogP contribution in [0.15, 0.2) is 73.0 Å². The van der Waals surface area contributed by atoms with Gasteiger partial charge in [-0.2, -0.15) is 0 Å². The number of ether oxygens (including phenoxy) is 3. The number of benzene rings is 2. The molecule has 3 atom stereocenters. The summed E-state index contributed by atoms with van der Waals surface area (Å²) in [4.78, 5) is 4.16. The van der Waals surface area contributed by atoms with E-state index >= 15 is 4.39 Å². The minimum absolute atomic E-state index is 0.0204. The molecule has 4 nitrogen and oxygen atoms in total. The molecule has 0 radical (unpaired) electrons. The second-order valence-corrected chi connectivity index (χ2v) is 9.58. The zero-order chi connectivity index (χ0) is 25.8. The lowest BCUT2D eigenvalue weighted by atomic mass is 9.79. The Labute approximate surface area is 218 Å². The summed E-state index contributed by atoms with van der Waals surface area (Å²) in [6.07, 6.45) is 12.1. The van der Waals surface area contributed by atoms with E-state index < -0.39 is 17.5 Å². The van der Waals surface area contributed by atoms with Crippen LogP contribution in [0.25, 0.3) is 0 Å². The van der Waals surface area contributed by atoms with Gasteiger partial charge in [0.25, 0.3) is 0 Å². The maximum Gasteiger partial charge on any atom is 0.166 e. The Bertz CT molecular complexity index is 1330. The number of hydrogen-bond donors (Lipinski definition) is 0. The van der Waals surface area contributed by atoms with E-state index in [1.54, 1.807) is 0 Å². The van der Waals surface area contributed by atoms with E-state index in [0.29, 0.717) is 17.7 Å². The van der Waals surface area contributed by atoms with Crippen molar-refractivity contribution in [2.75, 3.05) is 6.61 Å². The molecule has 1 saturated heterocycles. The summed E-state index contributed by atoms with van der Waals surface area (Å²) in [5.41, 5.74) is 0.714.